The first-order valence-electron chi connectivity index (χ1n) is 9.57. The molecule has 1 aliphatic carbocycles. The number of anilines is 1. The first-order chi connectivity index (χ1) is 14.8. The monoisotopic (exact) mass is 465 g/mol. The molecule has 0 saturated heterocycles. The molecule has 0 unspecified atom stereocenters. The van der Waals surface area contributed by atoms with Crippen LogP contribution in [0, 0.1) is 0 Å². The Bertz CT molecular complexity index is 1160. The highest BCUT2D eigenvalue weighted by Gasteiger charge is 2.33. The molecule has 0 fully saturated rings. The number of thiophene rings is 1. The molecule has 1 amide bonds. The number of fused-ring (bicyclic) bond motifs is 1. The fourth-order valence-electron chi connectivity index (χ4n) is 3.59. The Morgan fingerprint density at radius 1 is 1.19 bits per heavy atom. The number of carbonyl (C=O) groups is 1. The molecule has 0 spiro atoms. The zero-order valence-electron chi connectivity index (χ0n) is 16.2. The van der Waals surface area contributed by atoms with Crippen molar-refractivity contribution in [2.75, 3.05) is 11.1 Å². The van der Waals surface area contributed by atoms with E-state index in [4.69, 9.17) is 0 Å². The number of amides is 1. The van der Waals surface area contributed by atoms with Crippen LogP contribution >= 0.6 is 23.1 Å². The van der Waals surface area contributed by atoms with Gasteiger partial charge in [0, 0.05) is 16.1 Å². The number of nitrogens with zero attached hydrogens (tertiary/aromatic N) is 2. The van der Waals surface area contributed by atoms with Crippen molar-refractivity contribution in [3.63, 3.8) is 0 Å². The van der Waals surface area contributed by atoms with Crippen LogP contribution in [0.5, 0.6) is 0 Å². The minimum atomic E-state index is -4.56. The zero-order valence-corrected chi connectivity index (χ0v) is 17.9. The smallest absolute Gasteiger partial charge is 0.325 e. The summed E-state index contributed by atoms with van der Waals surface area (Å²) in [6.45, 7) is 0.464. The molecular formula is C21H18F3N3O2S2. The average Bonchev–Trinajstić information content (AvgIpc) is 3.40. The topological polar surface area (TPSA) is 64.0 Å². The summed E-state index contributed by atoms with van der Waals surface area (Å²) in [5.74, 6) is -0.724. The highest BCUT2D eigenvalue weighted by Crippen LogP contribution is 2.35. The third kappa shape index (κ3) is 4.85. The van der Waals surface area contributed by atoms with Gasteiger partial charge < -0.3 is 5.32 Å². The van der Waals surface area contributed by atoms with Crippen LogP contribution < -0.4 is 11.0 Å². The number of halogens is 3. The summed E-state index contributed by atoms with van der Waals surface area (Å²) in [5, 5.41) is 4.76. The van der Waals surface area contributed by atoms with Crippen LogP contribution in [-0.4, -0.2) is 21.2 Å². The molecule has 162 valence electrons. The molecule has 0 atom stereocenters. The number of alkyl halides is 3. The van der Waals surface area contributed by atoms with Gasteiger partial charge in [-0.2, -0.15) is 18.2 Å². The van der Waals surface area contributed by atoms with Crippen LogP contribution in [0.15, 0.2) is 51.6 Å². The van der Waals surface area contributed by atoms with Gasteiger partial charge in [-0.15, -0.1) is 11.3 Å². The van der Waals surface area contributed by atoms with Crippen LogP contribution in [0.2, 0.25) is 0 Å². The summed E-state index contributed by atoms with van der Waals surface area (Å²) in [6.07, 6.45) is -2.15. The number of nitrogens with one attached hydrogen (secondary N) is 1. The van der Waals surface area contributed by atoms with Gasteiger partial charge in [0.25, 0.3) is 0 Å². The third-order valence-corrected chi connectivity index (χ3v) is 6.82. The van der Waals surface area contributed by atoms with Crippen molar-refractivity contribution in [3.05, 3.63) is 74.0 Å². The molecule has 1 aliphatic rings. The number of rotatable bonds is 6. The minimum Gasteiger partial charge on any atom is -0.325 e. The molecule has 3 aromatic rings. The molecule has 0 bridgehead atoms. The fourth-order valence-corrected chi connectivity index (χ4v) is 5.16. The van der Waals surface area contributed by atoms with E-state index in [2.05, 4.69) is 10.3 Å². The van der Waals surface area contributed by atoms with Crippen LogP contribution in [0.4, 0.5) is 18.9 Å². The van der Waals surface area contributed by atoms with Gasteiger partial charge in [0.15, 0.2) is 0 Å². The Kier molecular flexibility index (Phi) is 6.19. The number of benzene rings is 1. The highest BCUT2D eigenvalue weighted by molar-refractivity contribution is 8.00. The maximum atomic E-state index is 13.1. The Morgan fingerprint density at radius 2 is 2.00 bits per heavy atom. The van der Waals surface area contributed by atoms with Gasteiger partial charge in [-0.05, 0) is 42.8 Å². The summed E-state index contributed by atoms with van der Waals surface area (Å²) >= 11 is 2.65. The molecule has 1 N–H and O–H groups in total. The standard InChI is InChI=1S/C21H18F3N3O2S2/c22-21(23,24)15-7-1-2-8-16(15)25-18(28)12-31-19-14-6-3-9-17(14)27(20(29)26-19)11-13-5-4-10-30-13/h1-2,4-5,7-8,10H,3,6,9,11-12H2,(H,25,28). The van der Waals surface area contributed by atoms with E-state index in [-0.39, 0.29) is 17.1 Å². The van der Waals surface area contributed by atoms with E-state index < -0.39 is 17.6 Å². The summed E-state index contributed by atoms with van der Waals surface area (Å²) in [7, 11) is 0. The van der Waals surface area contributed by atoms with Crippen LogP contribution in [0.25, 0.3) is 0 Å². The van der Waals surface area contributed by atoms with Crippen molar-refractivity contribution in [1.82, 2.24) is 9.55 Å². The number of carbonyl (C=O) groups excluding carboxylic acids is 1. The molecule has 5 nitrogen and oxygen atoms in total. The maximum Gasteiger partial charge on any atom is 0.418 e. The van der Waals surface area contributed by atoms with E-state index >= 15 is 0 Å². The van der Waals surface area contributed by atoms with E-state index in [1.165, 1.54) is 18.2 Å². The third-order valence-electron chi connectivity index (χ3n) is 4.94. The second-order valence-corrected chi connectivity index (χ2v) is 9.02. The van der Waals surface area contributed by atoms with E-state index in [1.54, 1.807) is 15.9 Å². The van der Waals surface area contributed by atoms with Crippen molar-refractivity contribution in [2.24, 2.45) is 0 Å². The van der Waals surface area contributed by atoms with E-state index in [0.717, 1.165) is 53.2 Å². The summed E-state index contributed by atoms with van der Waals surface area (Å²) in [5.41, 5.74) is 0.316. The molecule has 2 aromatic heterocycles. The maximum absolute atomic E-state index is 13.1. The predicted octanol–water partition coefficient (Wildman–Crippen LogP) is 4.59. The van der Waals surface area contributed by atoms with Gasteiger partial charge in [0.2, 0.25) is 5.91 Å². The molecule has 4 rings (SSSR count). The van der Waals surface area contributed by atoms with Crippen molar-refractivity contribution in [3.8, 4) is 0 Å². The van der Waals surface area contributed by atoms with Gasteiger partial charge >= 0.3 is 11.9 Å². The number of aromatic nitrogens is 2. The first kappa shape index (κ1) is 21.6. The lowest BCUT2D eigenvalue weighted by molar-refractivity contribution is -0.137. The Labute approximate surface area is 184 Å². The van der Waals surface area contributed by atoms with Crippen molar-refractivity contribution in [2.45, 2.75) is 37.0 Å². The van der Waals surface area contributed by atoms with Gasteiger partial charge in [-0.25, -0.2) is 4.79 Å². The van der Waals surface area contributed by atoms with Gasteiger partial charge in [-0.3, -0.25) is 9.36 Å². The second-order valence-electron chi connectivity index (χ2n) is 7.02. The second kappa shape index (κ2) is 8.88. The van der Waals surface area contributed by atoms with E-state index in [9.17, 15) is 22.8 Å². The molecule has 1 aromatic carbocycles. The summed E-state index contributed by atoms with van der Waals surface area (Å²) < 4.78 is 41.0. The molecule has 2 heterocycles. The quantitative estimate of drug-likeness (QED) is 0.427. The predicted molar refractivity (Wildman–Crippen MR) is 115 cm³/mol. The SMILES string of the molecule is O=C(CSc1nc(=O)n(Cc2cccs2)c2c1CCC2)Nc1ccccc1C(F)(F)F. The molecule has 0 saturated carbocycles. The largest absolute Gasteiger partial charge is 0.418 e. The van der Waals surface area contributed by atoms with Crippen LogP contribution in [0.1, 0.15) is 28.1 Å². The lowest BCUT2D eigenvalue weighted by Gasteiger charge is -2.15. The fraction of sp³-hybridized carbons (Fsp3) is 0.286. The van der Waals surface area contributed by atoms with Crippen molar-refractivity contribution >= 4 is 34.7 Å². The Hall–Kier alpha value is -2.59. The normalized spacial score (nSPS) is 13.3. The van der Waals surface area contributed by atoms with Crippen LogP contribution in [0.3, 0.4) is 0 Å². The molecule has 31 heavy (non-hydrogen) atoms. The number of hydrogen-bond acceptors (Lipinski definition) is 5. The lowest BCUT2D eigenvalue weighted by atomic mass is 10.1. The minimum absolute atomic E-state index is 0.139. The summed E-state index contributed by atoms with van der Waals surface area (Å²) in [4.78, 5) is 30.2. The number of hydrogen-bond donors (Lipinski definition) is 1. The van der Waals surface area contributed by atoms with Crippen molar-refractivity contribution < 1.29 is 18.0 Å². The highest BCUT2D eigenvalue weighted by atomic mass is 32.2. The van der Waals surface area contributed by atoms with Gasteiger partial charge in [-0.1, -0.05) is 30.0 Å². The molecule has 0 radical (unpaired) electrons. The number of para-hydroxylation sites is 1. The molecular weight excluding hydrogens is 447 g/mol. The van der Waals surface area contributed by atoms with Crippen molar-refractivity contribution in [1.29, 1.82) is 0 Å². The number of thioether (sulfide) groups is 1. The van der Waals surface area contributed by atoms with Gasteiger partial charge in [0.1, 0.15) is 5.03 Å². The Balaban J connectivity index is 1.50. The van der Waals surface area contributed by atoms with Gasteiger partial charge in [0.05, 0.1) is 23.5 Å². The molecule has 10 heteroatoms. The average molecular weight is 466 g/mol. The summed E-state index contributed by atoms with van der Waals surface area (Å²) in [6, 6.07) is 8.73. The lowest BCUT2D eigenvalue weighted by Crippen LogP contribution is -2.27. The van der Waals surface area contributed by atoms with E-state index in [0.29, 0.717) is 11.6 Å². The Morgan fingerprint density at radius 3 is 2.74 bits per heavy atom. The van der Waals surface area contributed by atoms with E-state index in [1.807, 2.05) is 17.5 Å². The molecule has 0 aliphatic heterocycles. The zero-order chi connectivity index (χ0) is 22.0. The first-order valence-corrected chi connectivity index (χ1v) is 11.4. The van der Waals surface area contributed by atoms with Crippen LogP contribution in [-0.2, 0) is 30.4 Å².